The zero-order valence-corrected chi connectivity index (χ0v) is 11.6. The van der Waals surface area contributed by atoms with E-state index in [1.807, 2.05) is 29.2 Å². The van der Waals surface area contributed by atoms with Crippen molar-refractivity contribution in [1.82, 2.24) is 4.90 Å². The molecule has 1 heterocycles. The number of amides is 1. The summed E-state index contributed by atoms with van der Waals surface area (Å²) in [6.07, 6.45) is 3.37. The Morgan fingerprint density at radius 2 is 2.12 bits per heavy atom. The van der Waals surface area contributed by atoms with Crippen LogP contribution in [0.4, 0.5) is 0 Å². The summed E-state index contributed by atoms with van der Waals surface area (Å²) in [5.74, 6) is 0.195. The molecule has 0 N–H and O–H groups in total. The number of hydrogen-bond acceptors (Lipinski definition) is 1. The van der Waals surface area contributed by atoms with Crippen molar-refractivity contribution in [1.29, 1.82) is 0 Å². The van der Waals surface area contributed by atoms with Gasteiger partial charge in [-0.15, -0.1) is 0 Å². The number of carbonyl (C=O) groups is 1. The van der Waals surface area contributed by atoms with Crippen LogP contribution in [0.5, 0.6) is 0 Å². The molecular weight excluding hydrogens is 313 g/mol. The third-order valence-corrected chi connectivity index (χ3v) is 3.92. The number of hydrogen-bond donors (Lipinski definition) is 0. The summed E-state index contributed by atoms with van der Waals surface area (Å²) in [4.78, 5) is 14.3. The number of likely N-dealkylation sites (tertiary alicyclic amines) is 1. The Kier molecular flexibility index (Phi) is 3.84. The highest BCUT2D eigenvalue weighted by atomic mass is 127. The van der Waals surface area contributed by atoms with E-state index < -0.39 is 0 Å². The highest BCUT2D eigenvalue weighted by Gasteiger charge is 2.27. The van der Waals surface area contributed by atoms with Crippen LogP contribution < -0.4 is 0 Å². The lowest BCUT2D eigenvalue weighted by atomic mass is 10.1. The van der Waals surface area contributed by atoms with Gasteiger partial charge in [-0.05, 0) is 66.1 Å². The van der Waals surface area contributed by atoms with Crippen LogP contribution in [0, 0.1) is 3.57 Å². The Bertz CT molecular complexity index is 374. The van der Waals surface area contributed by atoms with Gasteiger partial charge in [-0.1, -0.05) is 6.92 Å². The number of benzene rings is 1. The van der Waals surface area contributed by atoms with Crippen LogP contribution >= 0.6 is 22.6 Å². The van der Waals surface area contributed by atoms with Crippen molar-refractivity contribution in [3.8, 4) is 0 Å². The predicted molar refractivity (Wildman–Crippen MR) is 73.5 cm³/mol. The van der Waals surface area contributed by atoms with Crippen LogP contribution in [0.25, 0.3) is 0 Å². The van der Waals surface area contributed by atoms with E-state index in [0.29, 0.717) is 6.04 Å². The molecule has 0 radical (unpaired) electrons. The Morgan fingerprint density at radius 1 is 1.44 bits per heavy atom. The van der Waals surface area contributed by atoms with Crippen LogP contribution in [-0.4, -0.2) is 23.4 Å². The Balaban J connectivity index is 2.15. The topological polar surface area (TPSA) is 20.3 Å². The first kappa shape index (κ1) is 11.9. The zero-order valence-electron chi connectivity index (χ0n) is 9.45. The van der Waals surface area contributed by atoms with Crippen LogP contribution in [0.15, 0.2) is 24.3 Å². The van der Waals surface area contributed by atoms with Crippen molar-refractivity contribution < 1.29 is 4.79 Å². The van der Waals surface area contributed by atoms with Crippen molar-refractivity contribution in [2.24, 2.45) is 0 Å². The predicted octanol–water partition coefficient (Wildman–Crippen LogP) is 3.31. The monoisotopic (exact) mass is 329 g/mol. The standard InChI is InChI=1S/C13H16INO/c1-2-12-4-3-9-15(12)13(16)10-5-7-11(14)8-6-10/h5-8,12H,2-4,9H2,1H3/t12-/m1/s1. The summed E-state index contributed by atoms with van der Waals surface area (Å²) >= 11 is 2.25. The fourth-order valence-corrected chi connectivity index (χ4v) is 2.65. The number of nitrogens with zero attached hydrogens (tertiary/aromatic N) is 1. The van der Waals surface area contributed by atoms with Gasteiger partial charge in [0.25, 0.3) is 5.91 Å². The molecular formula is C13H16INO. The molecule has 86 valence electrons. The molecule has 2 nitrogen and oxygen atoms in total. The van der Waals surface area contributed by atoms with E-state index in [1.165, 1.54) is 3.57 Å². The van der Waals surface area contributed by atoms with Gasteiger partial charge in [-0.25, -0.2) is 0 Å². The lowest BCUT2D eigenvalue weighted by Gasteiger charge is -2.23. The van der Waals surface area contributed by atoms with E-state index >= 15 is 0 Å². The van der Waals surface area contributed by atoms with Crippen LogP contribution in [0.2, 0.25) is 0 Å². The molecule has 1 aliphatic rings. The van der Waals surface area contributed by atoms with Gasteiger partial charge in [-0.3, -0.25) is 4.79 Å². The van der Waals surface area contributed by atoms with Crippen molar-refractivity contribution in [2.75, 3.05) is 6.54 Å². The fraction of sp³-hybridized carbons (Fsp3) is 0.462. The first-order valence-corrected chi connectivity index (χ1v) is 6.86. The molecule has 0 unspecified atom stereocenters. The minimum atomic E-state index is 0.195. The first-order valence-electron chi connectivity index (χ1n) is 5.79. The van der Waals surface area contributed by atoms with Gasteiger partial charge in [0.1, 0.15) is 0 Å². The second kappa shape index (κ2) is 5.17. The quantitative estimate of drug-likeness (QED) is 0.763. The molecule has 1 aromatic carbocycles. The molecule has 1 aliphatic heterocycles. The van der Waals surface area contributed by atoms with Crippen LogP contribution in [0.3, 0.4) is 0 Å². The second-order valence-electron chi connectivity index (χ2n) is 4.21. The second-order valence-corrected chi connectivity index (χ2v) is 5.46. The lowest BCUT2D eigenvalue weighted by molar-refractivity contribution is 0.0733. The molecule has 3 heteroatoms. The highest BCUT2D eigenvalue weighted by molar-refractivity contribution is 14.1. The minimum Gasteiger partial charge on any atom is -0.336 e. The summed E-state index contributed by atoms with van der Waals surface area (Å²) in [5, 5.41) is 0. The third kappa shape index (κ3) is 2.39. The molecule has 2 rings (SSSR count). The summed E-state index contributed by atoms with van der Waals surface area (Å²) in [7, 11) is 0. The first-order chi connectivity index (χ1) is 7.72. The molecule has 0 spiro atoms. The number of carbonyl (C=O) groups excluding carboxylic acids is 1. The van der Waals surface area contributed by atoms with Gasteiger partial charge in [0.2, 0.25) is 0 Å². The van der Waals surface area contributed by atoms with Gasteiger partial charge >= 0.3 is 0 Å². The van der Waals surface area contributed by atoms with Crippen LogP contribution in [-0.2, 0) is 0 Å². The molecule has 0 bridgehead atoms. The van der Waals surface area contributed by atoms with E-state index in [2.05, 4.69) is 29.5 Å². The molecule has 1 amide bonds. The maximum Gasteiger partial charge on any atom is 0.254 e. The normalized spacial score (nSPS) is 20.1. The molecule has 0 aliphatic carbocycles. The Morgan fingerprint density at radius 3 is 2.75 bits per heavy atom. The molecule has 1 aromatic rings. The van der Waals surface area contributed by atoms with Crippen molar-refractivity contribution >= 4 is 28.5 Å². The summed E-state index contributed by atoms with van der Waals surface area (Å²) in [6.45, 7) is 3.08. The van der Waals surface area contributed by atoms with E-state index in [0.717, 1.165) is 31.4 Å². The average Bonchev–Trinajstić information content (AvgIpc) is 2.77. The number of rotatable bonds is 2. The van der Waals surface area contributed by atoms with E-state index in [9.17, 15) is 4.79 Å². The largest absolute Gasteiger partial charge is 0.336 e. The average molecular weight is 329 g/mol. The van der Waals surface area contributed by atoms with E-state index in [-0.39, 0.29) is 5.91 Å². The number of halogens is 1. The Labute approximate surface area is 110 Å². The van der Waals surface area contributed by atoms with Crippen LogP contribution in [0.1, 0.15) is 36.5 Å². The Hall–Kier alpha value is -0.580. The highest BCUT2D eigenvalue weighted by Crippen LogP contribution is 2.22. The van der Waals surface area contributed by atoms with E-state index in [4.69, 9.17) is 0 Å². The smallest absolute Gasteiger partial charge is 0.254 e. The molecule has 1 atom stereocenters. The van der Waals surface area contributed by atoms with Gasteiger partial charge in [0.15, 0.2) is 0 Å². The lowest BCUT2D eigenvalue weighted by Crippen LogP contribution is -2.35. The fourth-order valence-electron chi connectivity index (χ4n) is 2.29. The molecule has 0 saturated carbocycles. The zero-order chi connectivity index (χ0) is 11.5. The molecule has 1 fully saturated rings. The molecule has 16 heavy (non-hydrogen) atoms. The van der Waals surface area contributed by atoms with Crippen molar-refractivity contribution in [3.05, 3.63) is 33.4 Å². The molecule has 1 saturated heterocycles. The third-order valence-electron chi connectivity index (χ3n) is 3.20. The molecule has 0 aromatic heterocycles. The van der Waals surface area contributed by atoms with Gasteiger partial charge < -0.3 is 4.90 Å². The summed E-state index contributed by atoms with van der Waals surface area (Å²) in [6, 6.07) is 8.28. The van der Waals surface area contributed by atoms with Gasteiger partial charge in [-0.2, -0.15) is 0 Å². The summed E-state index contributed by atoms with van der Waals surface area (Å²) < 4.78 is 1.17. The van der Waals surface area contributed by atoms with Gasteiger partial charge in [0.05, 0.1) is 0 Å². The van der Waals surface area contributed by atoms with E-state index in [1.54, 1.807) is 0 Å². The maximum atomic E-state index is 12.3. The maximum absolute atomic E-state index is 12.3. The SMILES string of the molecule is CC[C@@H]1CCCN1C(=O)c1ccc(I)cc1. The van der Waals surface area contributed by atoms with Crippen molar-refractivity contribution in [3.63, 3.8) is 0 Å². The summed E-state index contributed by atoms with van der Waals surface area (Å²) in [5.41, 5.74) is 0.820. The van der Waals surface area contributed by atoms with Gasteiger partial charge in [0, 0.05) is 21.7 Å². The minimum absolute atomic E-state index is 0.195. The van der Waals surface area contributed by atoms with Crippen molar-refractivity contribution in [2.45, 2.75) is 32.2 Å².